The van der Waals surface area contributed by atoms with E-state index in [4.69, 9.17) is 17.3 Å². The lowest BCUT2D eigenvalue weighted by Gasteiger charge is -2.30. The monoisotopic (exact) mass is 321 g/mol. The minimum atomic E-state index is -3.68. The Bertz CT molecular complexity index is 554. The highest BCUT2D eigenvalue weighted by molar-refractivity contribution is 7.90. The van der Waals surface area contributed by atoms with Gasteiger partial charge in [-0.2, -0.15) is 12.7 Å². The molecular formula is C12H17ClFN3O2S. The van der Waals surface area contributed by atoms with Crippen molar-refractivity contribution in [1.82, 2.24) is 4.31 Å². The van der Waals surface area contributed by atoms with E-state index in [-0.39, 0.29) is 10.7 Å². The first-order valence-electron chi connectivity index (χ1n) is 6.35. The highest BCUT2D eigenvalue weighted by Crippen LogP contribution is 2.22. The van der Waals surface area contributed by atoms with E-state index in [1.807, 2.05) is 0 Å². The summed E-state index contributed by atoms with van der Waals surface area (Å²) < 4.78 is 41.3. The molecule has 5 nitrogen and oxygen atoms in total. The van der Waals surface area contributed by atoms with Crippen LogP contribution < -0.4 is 10.5 Å². The molecule has 0 amide bonds. The van der Waals surface area contributed by atoms with Gasteiger partial charge in [-0.15, -0.1) is 0 Å². The van der Waals surface area contributed by atoms with Gasteiger partial charge in [0.05, 0.1) is 5.69 Å². The van der Waals surface area contributed by atoms with E-state index in [1.165, 1.54) is 10.4 Å². The SMILES string of the molecule is NCC1CCN(S(=O)(=O)Nc2cc(F)cc(Cl)c2)CC1. The third-order valence-electron chi connectivity index (χ3n) is 3.36. The summed E-state index contributed by atoms with van der Waals surface area (Å²) in [4.78, 5) is 0. The van der Waals surface area contributed by atoms with Gasteiger partial charge in [0, 0.05) is 18.1 Å². The second-order valence-corrected chi connectivity index (χ2v) is 6.95. The van der Waals surface area contributed by atoms with Gasteiger partial charge < -0.3 is 5.73 Å². The molecule has 0 unspecified atom stereocenters. The standard InChI is InChI=1S/C12H17ClFN3O2S/c13-10-5-11(14)7-12(6-10)16-20(18,19)17-3-1-9(8-15)2-4-17/h5-7,9,16H,1-4,8,15H2. The summed E-state index contributed by atoms with van der Waals surface area (Å²) in [6.45, 7) is 1.40. The molecule has 1 fully saturated rings. The number of nitrogens with two attached hydrogens (primary N) is 1. The molecule has 3 N–H and O–H groups in total. The summed E-state index contributed by atoms with van der Waals surface area (Å²) in [5.74, 6) is -0.220. The van der Waals surface area contributed by atoms with Crippen LogP contribution in [0.25, 0.3) is 0 Å². The first-order chi connectivity index (χ1) is 9.40. The van der Waals surface area contributed by atoms with E-state index < -0.39 is 16.0 Å². The molecule has 1 aliphatic heterocycles. The quantitative estimate of drug-likeness (QED) is 0.888. The van der Waals surface area contributed by atoms with Gasteiger partial charge in [0.15, 0.2) is 0 Å². The molecule has 0 aliphatic carbocycles. The Balaban J connectivity index is 2.07. The van der Waals surface area contributed by atoms with Gasteiger partial charge in [0.1, 0.15) is 5.82 Å². The lowest BCUT2D eigenvalue weighted by Crippen LogP contribution is -2.42. The fourth-order valence-corrected chi connectivity index (χ4v) is 3.67. The zero-order chi connectivity index (χ0) is 14.8. The third-order valence-corrected chi connectivity index (χ3v) is 5.11. The second-order valence-electron chi connectivity index (χ2n) is 4.84. The van der Waals surface area contributed by atoms with Crippen molar-refractivity contribution in [2.24, 2.45) is 11.7 Å². The molecule has 0 spiro atoms. The number of nitrogens with one attached hydrogen (secondary N) is 1. The predicted octanol–water partition coefficient (Wildman–Crippen LogP) is 1.81. The average Bonchev–Trinajstić information content (AvgIpc) is 2.37. The molecule has 1 aromatic rings. The summed E-state index contributed by atoms with van der Waals surface area (Å²) in [6.07, 6.45) is 1.47. The van der Waals surface area contributed by atoms with Gasteiger partial charge in [0.2, 0.25) is 0 Å². The first-order valence-corrected chi connectivity index (χ1v) is 8.16. The number of benzene rings is 1. The molecule has 20 heavy (non-hydrogen) atoms. The number of piperidine rings is 1. The summed E-state index contributed by atoms with van der Waals surface area (Å²) in [5, 5.41) is 0.143. The Morgan fingerprint density at radius 1 is 1.35 bits per heavy atom. The largest absolute Gasteiger partial charge is 0.330 e. The predicted molar refractivity (Wildman–Crippen MR) is 77.3 cm³/mol. The molecule has 0 aromatic heterocycles. The number of halogens is 2. The van der Waals surface area contributed by atoms with Crippen LogP contribution in [-0.2, 0) is 10.2 Å². The molecular weight excluding hydrogens is 305 g/mol. The smallest absolute Gasteiger partial charge is 0.301 e. The lowest BCUT2D eigenvalue weighted by atomic mass is 9.99. The van der Waals surface area contributed by atoms with Crippen LogP contribution in [0, 0.1) is 11.7 Å². The summed E-state index contributed by atoms with van der Waals surface area (Å²) in [5.41, 5.74) is 5.70. The van der Waals surface area contributed by atoms with Gasteiger partial charge >= 0.3 is 10.2 Å². The van der Waals surface area contributed by atoms with Gasteiger partial charge in [-0.25, -0.2) is 4.39 Å². The van der Waals surface area contributed by atoms with E-state index in [0.29, 0.717) is 25.6 Å². The van der Waals surface area contributed by atoms with Gasteiger partial charge in [-0.3, -0.25) is 4.72 Å². The van der Waals surface area contributed by atoms with Gasteiger partial charge in [-0.1, -0.05) is 11.6 Å². The van der Waals surface area contributed by atoms with Crippen LogP contribution in [-0.4, -0.2) is 32.4 Å². The molecule has 1 saturated heterocycles. The molecule has 1 heterocycles. The average molecular weight is 322 g/mol. The van der Waals surface area contributed by atoms with Crippen molar-refractivity contribution < 1.29 is 12.8 Å². The molecule has 0 saturated carbocycles. The molecule has 0 radical (unpaired) electrons. The van der Waals surface area contributed by atoms with Crippen LogP contribution in [0.15, 0.2) is 18.2 Å². The van der Waals surface area contributed by atoms with Gasteiger partial charge in [-0.05, 0) is 43.5 Å². The second kappa shape index (κ2) is 6.26. The Kier molecular flexibility index (Phi) is 4.85. The van der Waals surface area contributed by atoms with E-state index >= 15 is 0 Å². The minimum Gasteiger partial charge on any atom is -0.330 e. The van der Waals surface area contributed by atoms with Crippen molar-refractivity contribution in [2.75, 3.05) is 24.4 Å². The molecule has 1 aromatic carbocycles. The normalized spacial score (nSPS) is 18.1. The molecule has 1 aliphatic rings. The van der Waals surface area contributed by atoms with Crippen LogP contribution in [0.1, 0.15) is 12.8 Å². The summed E-state index contributed by atoms with van der Waals surface area (Å²) in [6, 6.07) is 3.58. The van der Waals surface area contributed by atoms with E-state index in [1.54, 1.807) is 0 Å². The fraction of sp³-hybridized carbons (Fsp3) is 0.500. The Morgan fingerprint density at radius 2 is 2.00 bits per heavy atom. The van der Waals surface area contributed by atoms with Crippen molar-refractivity contribution in [1.29, 1.82) is 0 Å². The Hall–Kier alpha value is -0.890. The van der Waals surface area contributed by atoms with Crippen molar-refractivity contribution >= 4 is 27.5 Å². The van der Waals surface area contributed by atoms with Crippen molar-refractivity contribution in [3.05, 3.63) is 29.0 Å². The maximum Gasteiger partial charge on any atom is 0.301 e. The maximum absolute atomic E-state index is 13.2. The van der Waals surface area contributed by atoms with Crippen LogP contribution in [0.3, 0.4) is 0 Å². The maximum atomic E-state index is 13.2. The molecule has 2 rings (SSSR count). The van der Waals surface area contributed by atoms with Crippen molar-refractivity contribution in [3.63, 3.8) is 0 Å². The molecule has 0 atom stereocenters. The first kappa shape index (κ1) is 15.5. The number of rotatable bonds is 4. The van der Waals surface area contributed by atoms with E-state index in [2.05, 4.69) is 4.72 Å². The highest BCUT2D eigenvalue weighted by atomic mass is 35.5. The highest BCUT2D eigenvalue weighted by Gasteiger charge is 2.27. The van der Waals surface area contributed by atoms with Crippen LogP contribution >= 0.6 is 11.6 Å². The third kappa shape index (κ3) is 3.82. The van der Waals surface area contributed by atoms with Crippen molar-refractivity contribution in [3.8, 4) is 0 Å². The lowest BCUT2D eigenvalue weighted by molar-refractivity contribution is 0.280. The summed E-state index contributed by atoms with van der Waals surface area (Å²) in [7, 11) is -3.68. The zero-order valence-corrected chi connectivity index (χ0v) is 12.4. The number of hydrogen-bond donors (Lipinski definition) is 2. The Labute approximate surface area is 123 Å². The molecule has 8 heteroatoms. The number of hydrogen-bond acceptors (Lipinski definition) is 3. The van der Waals surface area contributed by atoms with Crippen LogP contribution in [0.4, 0.5) is 10.1 Å². The zero-order valence-electron chi connectivity index (χ0n) is 10.9. The van der Waals surface area contributed by atoms with E-state index in [9.17, 15) is 12.8 Å². The van der Waals surface area contributed by atoms with E-state index in [0.717, 1.165) is 25.0 Å². The van der Waals surface area contributed by atoms with Crippen LogP contribution in [0.5, 0.6) is 0 Å². The minimum absolute atomic E-state index is 0.121. The fourth-order valence-electron chi connectivity index (χ4n) is 2.21. The molecule has 112 valence electrons. The van der Waals surface area contributed by atoms with Crippen LogP contribution in [0.2, 0.25) is 5.02 Å². The molecule has 0 bridgehead atoms. The summed E-state index contributed by atoms with van der Waals surface area (Å²) >= 11 is 5.70. The Morgan fingerprint density at radius 3 is 2.55 bits per heavy atom. The van der Waals surface area contributed by atoms with Gasteiger partial charge in [0.25, 0.3) is 0 Å². The number of anilines is 1. The van der Waals surface area contributed by atoms with Crippen molar-refractivity contribution in [2.45, 2.75) is 12.8 Å². The number of nitrogens with zero attached hydrogens (tertiary/aromatic N) is 1. The topological polar surface area (TPSA) is 75.4 Å².